The van der Waals surface area contributed by atoms with E-state index in [1.54, 1.807) is 18.2 Å². The van der Waals surface area contributed by atoms with E-state index < -0.39 is 42.8 Å². The van der Waals surface area contributed by atoms with Gasteiger partial charge in [-0.05, 0) is 48.2 Å². The molecular formula is C23H21Cl3F3N3O4. The second kappa shape index (κ2) is 11.8. The number of ketones is 1. The molecule has 3 aromatic rings. The summed E-state index contributed by atoms with van der Waals surface area (Å²) in [5.41, 5.74) is -0.198. The first kappa shape index (κ1) is 28.2. The summed E-state index contributed by atoms with van der Waals surface area (Å²) in [6.45, 7) is -1.90. The maximum Gasteiger partial charge on any atom is 0.416 e. The number of aromatic nitrogens is 3. The standard InChI is InChI=1S/C23H21Cl3F3N3O4/c24-15-6-4-13(5-7-15)21-30-32(22(36)31(21)12-19(35)23(27,28)29)11-16(34)10-14(8-9-33)17-2-1-3-18(25)20(17)26/h1-7,14,19,33,35H,8-12H2/t14?,19-/m0/s1. The molecule has 194 valence electrons. The summed E-state index contributed by atoms with van der Waals surface area (Å²) in [5.74, 6) is -1.16. The van der Waals surface area contributed by atoms with Gasteiger partial charge in [0.1, 0.15) is 6.54 Å². The average Bonchev–Trinajstić information content (AvgIpc) is 3.10. The van der Waals surface area contributed by atoms with Crippen molar-refractivity contribution in [2.45, 2.75) is 44.1 Å². The van der Waals surface area contributed by atoms with E-state index in [9.17, 15) is 33.0 Å². The number of aliphatic hydroxyl groups excluding tert-OH is 2. The summed E-state index contributed by atoms with van der Waals surface area (Å²) < 4.78 is 40.4. The molecule has 3 rings (SSSR count). The third kappa shape index (κ3) is 6.68. The predicted molar refractivity (Wildman–Crippen MR) is 130 cm³/mol. The van der Waals surface area contributed by atoms with Crippen LogP contribution in [-0.2, 0) is 17.9 Å². The summed E-state index contributed by atoms with van der Waals surface area (Å²) in [6.07, 6.45) is -7.75. The van der Waals surface area contributed by atoms with Crippen LogP contribution >= 0.6 is 34.8 Å². The molecule has 0 saturated carbocycles. The highest BCUT2D eigenvalue weighted by Crippen LogP contribution is 2.34. The Morgan fingerprint density at radius 2 is 1.75 bits per heavy atom. The van der Waals surface area contributed by atoms with Gasteiger partial charge in [0, 0.05) is 23.6 Å². The molecule has 2 N–H and O–H groups in total. The van der Waals surface area contributed by atoms with Crippen LogP contribution in [0.15, 0.2) is 47.3 Å². The maximum atomic E-state index is 13.0. The van der Waals surface area contributed by atoms with Gasteiger partial charge in [-0.15, -0.1) is 5.10 Å². The van der Waals surface area contributed by atoms with Crippen LogP contribution in [0.4, 0.5) is 13.2 Å². The van der Waals surface area contributed by atoms with Crippen LogP contribution in [0.25, 0.3) is 11.4 Å². The maximum absolute atomic E-state index is 13.0. The Morgan fingerprint density at radius 1 is 1.08 bits per heavy atom. The lowest BCUT2D eigenvalue weighted by Gasteiger charge is -2.17. The van der Waals surface area contributed by atoms with Gasteiger partial charge in [-0.25, -0.2) is 9.48 Å². The Morgan fingerprint density at radius 3 is 2.36 bits per heavy atom. The molecule has 1 unspecified atom stereocenters. The van der Waals surface area contributed by atoms with Crippen LogP contribution in [0, 0.1) is 0 Å². The molecule has 0 spiro atoms. The molecule has 1 heterocycles. The number of halogens is 6. The zero-order valence-corrected chi connectivity index (χ0v) is 20.8. The number of aliphatic hydroxyl groups is 2. The zero-order valence-electron chi connectivity index (χ0n) is 18.6. The number of rotatable bonds is 10. The van der Waals surface area contributed by atoms with Gasteiger partial charge in [-0.2, -0.15) is 13.2 Å². The minimum Gasteiger partial charge on any atom is -0.396 e. The normalized spacial score (nSPS) is 13.6. The highest BCUT2D eigenvalue weighted by molar-refractivity contribution is 6.42. The molecule has 1 aromatic heterocycles. The van der Waals surface area contributed by atoms with Gasteiger partial charge in [0.05, 0.1) is 16.6 Å². The van der Waals surface area contributed by atoms with E-state index in [2.05, 4.69) is 5.10 Å². The largest absolute Gasteiger partial charge is 0.416 e. The molecule has 0 aliphatic carbocycles. The quantitative estimate of drug-likeness (QED) is 0.370. The number of hydrogen-bond acceptors (Lipinski definition) is 5. The van der Waals surface area contributed by atoms with E-state index in [0.29, 0.717) is 15.2 Å². The monoisotopic (exact) mass is 565 g/mol. The Bertz CT molecular complexity index is 1280. The Hall–Kier alpha value is -2.37. The van der Waals surface area contributed by atoms with E-state index in [4.69, 9.17) is 34.8 Å². The van der Waals surface area contributed by atoms with Crippen molar-refractivity contribution < 1.29 is 28.2 Å². The number of benzene rings is 2. The van der Waals surface area contributed by atoms with Gasteiger partial charge >= 0.3 is 11.9 Å². The van der Waals surface area contributed by atoms with Gasteiger partial charge < -0.3 is 10.2 Å². The SMILES string of the molecule is O=C(CC(CCO)c1cccc(Cl)c1Cl)Cn1nc(-c2ccc(Cl)cc2)n(C[C@H](O)C(F)(F)F)c1=O. The van der Waals surface area contributed by atoms with E-state index in [1.165, 1.54) is 24.3 Å². The lowest BCUT2D eigenvalue weighted by atomic mass is 9.91. The molecule has 0 amide bonds. The topological polar surface area (TPSA) is 97.3 Å². The molecule has 7 nitrogen and oxygen atoms in total. The van der Waals surface area contributed by atoms with Crippen LogP contribution in [0.2, 0.25) is 15.1 Å². The molecule has 13 heteroatoms. The average molecular weight is 567 g/mol. The van der Waals surface area contributed by atoms with Gasteiger partial charge in [0.15, 0.2) is 17.7 Å². The van der Waals surface area contributed by atoms with Crippen LogP contribution in [0.1, 0.15) is 24.3 Å². The molecule has 0 radical (unpaired) electrons. The van der Waals surface area contributed by atoms with Gasteiger partial charge in [-0.3, -0.25) is 9.36 Å². The minimum atomic E-state index is -4.97. The molecule has 2 atom stereocenters. The number of carbonyl (C=O) groups excluding carboxylic acids is 1. The number of alkyl halides is 3. The first-order chi connectivity index (χ1) is 16.9. The van der Waals surface area contributed by atoms with Crippen LogP contribution in [0.3, 0.4) is 0 Å². The van der Waals surface area contributed by atoms with Crippen molar-refractivity contribution in [1.29, 1.82) is 0 Å². The first-order valence-corrected chi connectivity index (χ1v) is 11.8. The van der Waals surface area contributed by atoms with Crippen LogP contribution < -0.4 is 5.69 Å². The molecule has 0 fully saturated rings. The molecule has 0 saturated heterocycles. The van der Waals surface area contributed by atoms with Crippen molar-refractivity contribution >= 4 is 40.6 Å². The highest BCUT2D eigenvalue weighted by atomic mass is 35.5. The van der Waals surface area contributed by atoms with E-state index in [0.717, 1.165) is 4.68 Å². The van der Waals surface area contributed by atoms with Crippen molar-refractivity contribution in [3.8, 4) is 11.4 Å². The molecule has 0 aliphatic heterocycles. The fraction of sp³-hybridized carbons (Fsp3) is 0.348. The van der Waals surface area contributed by atoms with Crippen molar-refractivity contribution in [3.63, 3.8) is 0 Å². The van der Waals surface area contributed by atoms with Gasteiger partial charge in [0.25, 0.3) is 0 Å². The Balaban J connectivity index is 1.92. The lowest BCUT2D eigenvalue weighted by molar-refractivity contribution is -0.207. The van der Waals surface area contributed by atoms with Gasteiger partial charge in [-0.1, -0.05) is 46.9 Å². The summed E-state index contributed by atoms with van der Waals surface area (Å²) in [5, 5.41) is 24.0. The number of Topliss-reactive ketones (excluding diaryl/α,β-unsaturated/α-hetero) is 1. The van der Waals surface area contributed by atoms with Crippen molar-refractivity contribution in [1.82, 2.24) is 14.3 Å². The summed E-state index contributed by atoms with van der Waals surface area (Å²) in [4.78, 5) is 25.8. The van der Waals surface area contributed by atoms with Crippen molar-refractivity contribution in [2.24, 2.45) is 0 Å². The fourth-order valence-corrected chi connectivity index (χ4v) is 4.25. The first-order valence-electron chi connectivity index (χ1n) is 10.7. The van der Waals surface area contributed by atoms with Crippen molar-refractivity contribution in [3.05, 3.63) is 73.6 Å². The summed E-state index contributed by atoms with van der Waals surface area (Å²) in [6, 6.07) is 10.7. The van der Waals surface area contributed by atoms with E-state index in [1.807, 2.05) is 0 Å². The lowest BCUT2D eigenvalue weighted by Crippen LogP contribution is -2.37. The molecular weight excluding hydrogens is 546 g/mol. The van der Waals surface area contributed by atoms with Crippen LogP contribution in [-0.4, -0.2) is 49.2 Å². The van der Waals surface area contributed by atoms with Gasteiger partial charge in [0.2, 0.25) is 0 Å². The van der Waals surface area contributed by atoms with E-state index >= 15 is 0 Å². The number of hydrogen-bond donors (Lipinski definition) is 2. The molecule has 2 aromatic carbocycles. The second-order valence-electron chi connectivity index (χ2n) is 8.03. The Labute approximate surface area is 218 Å². The predicted octanol–water partition coefficient (Wildman–Crippen LogP) is 4.72. The summed E-state index contributed by atoms with van der Waals surface area (Å²) >= 11 is 18.2. The third-order valence-corrected chi connectivity index (χ3v) is 6.54. The number of carbonyl (C=O) groups is 1. The highest BCUT2D eigenvalue weighted by Gasteiger charge is 2.39. The van der Waals surface area contributed by atoms with Crippen molar-refractivity contribution in [2.75, 3.05) is 6.61 Å². The number of nitrogens with zero attached hydrogens (tertiary/aromatic N) is 3. The molecule has 0 bridgehead atoms. The second-order valence-corrected chi connectivity index (χ2v) is 9.26. The molecule has 36 heavy (non-hydrogen) atoms. The Kier molecular flexibility index (Phi) is 9.23. The molecule has 0 aliphatic rings. The smallest absolute Gasteiger partial charge is 0.396 e. The van der Waals surface area contributed by atoms with E-state index in [-0.39, 0.29) is 40.9 Å². The zero-order chi connectivity index (χ0) is 26.6. The minimum absolute atomic E-state index is 0.138. The van der Waals surface area contributed by atoms with Crippen LogP contribution in [0.5, 0.6) is 0 Å². The summed E-state index contributed by atoms with van der Waals surface area (Å²) in [7, 11) is 0. The fourth-order valence-electron chi connectivity index (χ4n) is 3.66. The third-order valence-electron chi connectivity index (χ3n) is 5.46.